The molecule has 1 fully saturated rings. The van der Waals surface area contributed by atoms with Crippen LogP contribution in [0.1, 0.15) is 41.6 Å². The minimum Gasteiger partial charge on any atom is -0.478 e. The van der Waals surface area contributed by atoms with Crippen LogP contribution in [0.5, 0.6) is 0 Å². The molecule has 0 amide bonds. The number of carboxylic acids is 1. The van der Waals surface area contributed by atoms with Crippen LogP contribution < -0.4 is 5.32 Å². The predicted molar refractivity (Wildman–Crippen MR) is 118 cm³/mol. The van der Waals surface area contributed by atoms with Crippen molar-refractivity contribution in [1.82, 2.24) is 9.80 Å². The number of aliphatic hydroxyl groups excluding tert-OH is 4. The topological polar surface area (TPSA) is 137 Å². The zero-order valence-electron chi connectivity index (χ0n) is 18.4. The van der Waals surface area contributed by atoms with Gasteiger partial charge in [-0.15, -0.1) is 0 Å². The summed E-state index contributed by atoms with van der Waals surface area (Å²) in [6.45, 7) is 1.93. The first-order chi connectivity index (χ1) is 14.7. The van der Waals surface area contributed by atoms with E-state index >= 15 is 0 Å². The van der Waals surface area contributed by atoms with Crippen molar-refractivity contribution in [3.8, 4) is 0 Å². The van der Waals surface area contributed by atoms with Crippen LogP contribution in [-0.4, -0.2) is 106 Å². The molecule has 0 aromatic heterocycles. The van der Waals surface area contributed by atoms with Crippen LogP contribution in [0.25, 0.3) is 0 Å². The monoisotopic (exact) mass is 439 g/mol. The second-order valence-electron chi connectivity index (χ2n) is 8.56. The lowest BCUT2D eigenvalue weighted by molar-refractivity contribution is -0.145. The molecule has 0 spiro atoms. The highest BCUT2D eigenvalue weighted by atomic mass is 16.4. The first-order valence-electron chi connectivity index (χ1n) is 10.9. The van der Waals surface area contributed by atoms with Gasteiger partial charge in [-0.25, -0.2) is 4.79 Å². The Kier molecular flexibility index (Phi) is 10.1. The Hall–Kier alpha value is -1.75. The summed E-state index contributed by atoms with van der Waals surface area (Å²) in [5.41, 5.74) is 1.85. The summed E-state index contributed by atoms with van der Waals surface area (Å²) in [7, 11) is 3.88. The van der Waals surface area contributed by atoms with E-state index in [0.29, 0.717) is 25.3 Å². The summed E-state index contributed by atoms with van der Waals surface area (Å²) in [5, 5.41) is 51.8. The number of unbranched alkanes of at least 4 members (excludes halogenated alkanes) is 3. The third-order valence-corrected chi connectivity index (χ3v) is 5.72. The number of β-amino-alcohol motifs (C(OH)–C–C–N with tert-alkyl or cyclic N) is 1. The maximum Gasteiger partial charge on any atom is 0.337 e. The molecule has 1 heterocycles. The van der Waals surface area contributed by atoms with Gasteiger partial charge in [0.25, 0.3) is 0 Å². The predicted octanol–water partition coefficient (Wildman–Crippen LogP) is 0.178. The fourth-order valence-electron chi connectivity index (χ4n) is 4.04. The number of nitrogens with zero attached hydrogens (tertiary/aromatic N) is 2. The molecule has 1 saturated heterocycles. The molecule has 1 aromatic rings. The molecule has 1 aliphatic heterocycles. The van der Waals surface area contributed by atoms with Gasteiger partial charge in [0.05, 0.1) is 24.3 Å². The maximum atomic E-state index is 11.6. The van der Waals surface area contributed by atoms with Crippen LogP contribution in [0.3, 0.4) is 0 Å². The van der Waals surface area contributed by atoms with E-state index in [1.165, 1.54) is 0 Å². The van der Waals surface area contributed by atoms with Gasteiger partial charge in [-0.1, -0.05) is 18.9 Å². The molecule has 0 bridgehead atoms. The Morgan fingerprint density at radius 1 is 1.13 bits per heavy atom. The molecule has 0 saturated carbocycles. The van der Waals surface area contributed by atoms with Crippen LogP contribution in [0.15, 0.2) is 18.2 Å². The standard InChI is InChI=1S/C22H37N3O6/c1-24(2)12-15-7-8-17(16(11-15)22(30)31)23-9-5-3-4-6-10-25-13-19(27)21(29)20(28)18(25)14-26/h7-8,11,18-21,23,26-29H,3-6,9-10,12-14H2,1-2H3,(H,30,31)/t18-,19+,20-,21-/m1/s1. The van der Waals surface area contributed by atoms with Gasteiger partial charge in [-0.3, -0.25) is 4.90 Å². The van der Waals surface area contributed by atoms with Crippen molar-refractivity contribution in [2.45, 2.75) is 56.6 Å². The van der Waals surface area contributed by atoms with E-state index in [9.17, 15) is 30.3 Å². The molecule has 0 unspecified atom stereocenters. The summed E-state index contributed by atoms with van der Waals surface area (Å²) < 4.78 is 0. The summed E-state index contributed by atoms with van der Waals surface area (Å²) in [6, 6.07) is 4.90. The van der Waals surface area contributed by atoms with Crippen LogP contribution >= 0.6 is 0 Å². The molecule has 1 aliphatic rings. The minimum atomic E-state index is -1.23. The van der Waals surface area contributed by atoms with E-state index < -0.39 is 30.3 Å². The fraction of sp³-hybridized carbons (Fsp3) is 0.682. The Morgan fingerprint density at radius 2 is 1.84 bits per heavy atom. The van der Waals surface area contributed by atoms with Crippen molar-refractivity contribution in [1.29, 1.82) is 0 Å². The van der Waals surface area contributed by atoms with Crippen molar-refractivity contribution in [3.63, 3.8) is 0 Å². The quantitative estimate of drug-likeness (QED) is 0.252. The molecule has 176 valence electrons. The SMILES string of the molecule is CN(C)Cc1ccc(NCCCCCCN2C[C@H](O)[C@@H](O)[C@H](O)[C@H]2CO)c(C(=O)O)c1. The molecular weight excluding hydrogens is 402 g/mol. The number of hydrogen-bond acceptors (Lipinski definition) is 8. The summed E-state index contributed by atoms with van der Waals surface area (Å²) >= 11 is 0. The van der Waals surface area contributed by atoms with Crippen LogP contribution in [0.4, 0.5) is 5.69 Å². The van der Waals surface area contributed by atoms with Gasteiger partial charge >= 0.3 is 5.97 Å². The van der Waals surface area contributed by atoms with Gasteiger partial charge in [0.2, 0.25) is 0 Å². The smallest absolute Gasteiger partial charge is 0.337 e. The van der Waals surface area contributed by atoms with E-state index in [0.717, 1.165) is 31.2 Å². The Morgan fingerprint density at radius 3 is 2.48 bits per heavy atom. The van der Waals surface area contributed by atoms with Crippen LogP contribution in [0.2, 0.25) is 0 Å². The van der Waals surface area contributed by atoms with E-state index in [2.05, 4.69) is 5.32 Å². The molecule has 1 aromatic carbocycles. The molecule has 9 heteroatoms. The second-order valence-corrected chi connectivity index (χ2v) is 8.56. The zero-order valence-corrected chi connectivity index (χ0v) is 18.4. The lowest BCUT2D eigenvalue weighted by Crippen LogP contribution is -2.62. The number of anilines is 1. The number of carboxylic acid groups (broad SMARTS) is 1. The van der Waals surface area contributed by atoms with Crippen molar-refractivity contribution in [2.75, 3.05) is 45.7 Å². The van der Waals surface area contributed by atoms with Crippen LogP contribution in [0, 0.1) is 0 Å². The van der Waals surface area contributed by atoms with E-state index in [-0.39, 0.29) is 18.7 Å². The molecule has 2 rings (SSSR count). The lowest BCUT2D eigenvalue weighted by atomic mass is 9.94. The number of hydrogen-bond donors (Lipinski definition) is 6. The van der Waals surface area contributed by atoms with E-state index in [1.807, 2.05) is 36.0 Å². The molecule has 9 nitrogen and oxygen atoms in total. The normalized spacial score (nSPS) is 24.5. The van der Waals surface area contributed by atoms with Crippen molar-refractivity contribution >= 4 is 11.7 Å². The lowest BCUT2D eigenvalue weighted by Gasteiger charge is -2.43. The largest absolute Gasteiger partial charge is 0.478 e. The maximum absolute atomic E-state index is 11.6. The van der Waals surface area contributed by atoms with Gasteiger partial charge in [0, 0.05) is 25.3 Å². The molecule has 6 N–H and O–H groups in total. The minimum absolute atomic E-state index is 0.229. The number of carbonyl (C=O) groups is 1. The van der Waals surface area contributed by atoms with Crippen molar-refractivity contribution in [2.24, 2.45) is 0 Å². The third-order valence-electron chi connectivity index (χ3n) is 5.72. The first kappa shape index (κ1) is 25.5. The zero-order chi connectivity index (χ0) is 23.0. The molecule has 31 heavy (non-hydrogen) atoms. The number of likely N-dealkylation sites (tertiary alicyclic amines) is 1. The Labute approximate surface area is 183 Å². The number of nitrogens with one attached hydrogen (secondary N) is 1. The van der Waals surface area contributed by atoms with Gasteiger partial charge < -0.3 is 35.7 Å². The van der Waals surface area contributed by atoms with Crippen molar-refractivity contribution in [3.05, 3.63) is 29.3 Å². The number of benzene rings is 1. The van der Waals surface area contributed by atoms with E-state index in [1.54, 1.807) is 6.07 Å². The fourth-order valence-corrected chi connectivity index (χ4v) is 4.04. The van der Waals surface area contributed by atoms with Gasteiger partial charge in [-0.05, 0) is 51.2 Å². The highest BCUT2D eigenvalue weighted by Gasteiger charge is 2.40. The second kappa shape index (κ2) is 12.3. The number of aliphatic hydroxyl groups is 4. The van der Waals surface area contributed by atoms with Gasteiger partial charge in [0.1, 0.15) is 12.2 Å². The Balaban J connectivity index is 1.72. The van der Waals surface area contributed by atoms with Crippen molar-refractivity contribution < 1.29 is 30.3 Å². The molecule has 0 aliphatic carbocycles. The third kappa shape index (κ3) is 7.41. The van der Waals surface area contributed by atoms with Gasteiger partial charge in [0.15, 0.2) is 0 Å². The molecule has 4 atom stereocenters. The number of aromatic carboxylic acids is 1. The summed E-state index contributed by atoms with van der Waals surface area (Å²) in [6.07, 6.45) is 0.183. The summed E-state index contributed by atoms with van der Waals surface area (Å²) in [5.74, 6) is -0.947. The highest BCUT2D eigenvalue weighted by molar-refractivity contribution is 5.94. The number of rotatable bonds is 12. The van der Waals surface area contributed by atoms with E-state index in [4.69, 9.17) is 0 Å². The van der Waals surface area contributed by atoms with Gasteiger partial charge in [-0.2, -0.15) is 0 Å². The Bertz CT molecular complexity index is 702. The first-order valence-corrected chi connectivity index (χ1v) is 10.9. The number of piperidine rings is 1. The van der Waals surface area contributed by atoms with Crippen LogP contribution in [-0.2, 0) is 6.54 Å². The average molecular weight is 440 g/mol. The summed E-state index contributed by atoms with van der Waals surface area (Å²) in [4.78, 5) is 15.4. The molecule has 0 radical (unpaired) electrons. The highest BCUT2D eigenvalue weighted by Crippen LogP contribution is 2.21. The average Bonchev–Trinajstić information content (AvgIpc) is 2.71. The molecular formula is C22H37N3O6.